The third-order valence-electron chi connectivity index (χ3n) is 3.59. The third-order valence-corrected chi connectivity index (χ3v) is 4.37. The van der Waals surface area contributed by atoms with Crippen LogP contribution in [0.25, 0.3) is 0 Å². The van der Waals surface area contributed by atoms with E-state index in [9.17, 15) is 13.6 Å². The Bertz CT molecular complexity index is 460. The zero-order chi connectivity index (χ0) is 15.7. The summed E-state index contributed by atoms with van der Waals surface area (Å²) >= 11 is 2.95. The second-order valence-corrected chi connectivity index (χ2v) is 6.16. The van der Waals surface area contributed by atoms with Crippen molar-refractivity contribution < 1.29 is 13.6 Å². The second kappa shape index (κ2) is 10.0. The van der Waals surface area contributed by atoms with E-state index in [4.69, 9.17) is 0 Å². The van der Waals surface area contributed by atoms with Gasteiger partial charge in [0.15, 0.2) is 17.4 Å². The van der Waals surface area contributed by atoms with Crippen LogP contribution >= 0.6 is 15.9 Å². The Labute approximate surface area is 134 Å². The lowest BCUT2D eigenvalue weighted by atomic mass is 10.0. The van der Waals surface area contributed by atoms with E-state index in [0.29, 0.717) is 6.42 Å². The maximum Gasteiger partial charge on any atom is 0.173 e. The first-order chi connectivity index (χ1) is 10.1. The summed E-state index contributed by atoms with van der Waals surface area (Å²) in [5.41, 5.74) is 0.233. The van der Waals surface area contributed by atoms with Crippen LogP contribution in [0.2, 0.25) is 0 Å². The Morgan fingerprint density at radius 1 is 1.00 bits per heavy atom. The van der Waals surface area contributed by atoms with Crippen LogP contribution in [-0.4, -0.2) is 5.78 Å². The molecule has 0 radical (unpaired) electrons. The Kier molecular flexibility index (Phi) is 8.74. The summed E-state index contributed by atoms with van der Waals surface area (Å²) in [6.07, 6.45) is 9.64. The van der Waals surface area contributed by atoms with E-state index in [-0.39, 0.29) is 15.8 Å². The molecule has 1 aromatic rings. The van der Waals surface area contributed by atoms with Gasteiger partial charge in [0.25, 0.3) is 0 Å². The van der Waals surface area contributed by atoms with Crippen LogP contribution in [0.1, 0.15) is 75.1 Å². The van der Waals surface area contributed by atoms with Gasteiger partial charge in [-0.3, -0.25) is 4.79 Å². The molecule has 4 heteroatoms. The van der Waals surface area contributed by atoms with Gasteiger partial charge in [-0.25, -0.2) is 8.78 Å². The molecule has 1 aromatic carbocycles. The molecule has 0 aliphatic rings. The van der Waals surface area contributed by atoms with E-state index in [2.05, 4.69) is 22.9 Å². The molecule has 0 atom stereocenters. The van der Waals surface area contributed by atoms with Gasteiger partial charge in [0.05, 0.1) is 4.47 Å². The van der Waals surface area contributed by atoms with E-state index >= 15 is 0 Å². The third kappa shape index (κ3) is 6.25. The van der Waals surface area contributed by atoms with Crippen LogP contribution < -0.4 is 0 Å². The van der Waals surface area contributed by atoms with E-state index in [1.165, 1.54) is 38.2 Å². The van der Waals surface area contributed by atoms with E-state index in [1.807, 2.05) is 0 Å². The molecule has 0 spiro atoms. The Hall–Kier alpha value is -0.770. The fraction of sp³-hybridized carbons (Fsp3) is 0.588. The van der Waals surface area contributed by atoms with E-state index in [0.717, 1.165) is 25.3 Å². The van der Waals surface area contributed by atoms with Gasteiger partial charge >= 0.3 is 0 Å². The molecule has 0 bridgehead atoms. The average Bonchev–Trinajstić information content (AvgIpc) is 2.47. The summed E-state index contributed by atoms with van der Waals surface area (Å²) in [5.74, 6) is -2.06. The van der Waals surface area contributed by atoms with Gasteiger partial charge in [0.2, 0.25) is 0 Å². The van der Waals surface area contributed by atoms with Crippen molar-refractivity contribution in [3.63, 3.8) is 0 Å². The molecule has 0 amide bonds. The van der Waals surface area contributed by atoms with Crippen molar-refractivity contribution in [2.45, 2.75) is 64.7 Å². The van der Waals surface area contributed by atoms with E-state index < -0.39 is 11.6 Å². The number of Topliss-reactive ketones (excluding diaryl/α,β-unsaturated/α-hetero) is 1. The Balaban J connectivity index is 2.27. The van der Waals surface area contributed by atoms with Crippen LogP contribution in [-0.2, 0) is 0 Å². The standard InChI is InChI=1S/C17H23BrF2O/c1-2-3-4-5-6-7-8-9-10-15(21)13-11-12-14(19)17(20)16(13)18/h11-12H,2-10H2,1H3. The highest BCUT2D eigenvalue weighted by molar-refractivity contribution is 9.10. The predicted molar refractivity (Wildman–Crippen MR) is 85.6 cm³/mol. The fourth-order valence-corrected chi connectivity index (χ4v) is 2.84. The molecule has 0 saturated heterocycles. The van der Waals surface area contributed by atoms with Gasteiger partial charge in [0.1, 0.15) is 0 Å². The van der Waals surface area contributed by atoms with Crippen molar-refractivity contribution in [2.75, 3.05) is 0 Å². The second-order valence-electron chi connectivity index (χ2n) is 5.37. The van der Waals surface area contributed by atoms with Crippen LogP contribution in [0.5, 0.6) is 0 Å². The minimum absolute atomic E-state index is 0.0629. The van der Waals surface area contributed by atoms with Gasteiger partial charge in [-0.2, -0.15) is 0 Å². The van der Waals surface area contributed by atoms with Crippen molar-refractivity contribution in [1.29, 1.82) is 0 Å². The molecule has 1 rings (SSSR count). The largest absolute Gasteiger partial charge is 0.294 e. The van der Waals surface area contributed by atoms with Gasteiger partial charge in [0, 0.05) is 12.0 Å². The quantitative estimate of drug-likeness (QED) is 0.266. The number of hydrogen-bond acceptors (Lipinski definition) is 1. The molecule has 0 N–H and O–H groups in total. The summed E-state index contributed by atoms with van der Waals surface area (Å²) in [5, 5.41) is 0. The first-order valence-corrected chi connectivity index (χ1v) is 8.54. The van der Waals surface area contributed by atoms with Crippen molar-refractivity contribution in [3.05, 3.63) is 33.8 Å². The van der Waals surface area contributed by atoms with Crippen molar-refractivity contribution in [1.82, 2.24) is 0 Å². The topological polar surface area (TPSA) is 17.1 Å². The summed E-state index contributed by atoms with van der Waals surface area (Å²) in [6.45, 7) is 2.20. The van der Waals surface area contributed by atoms with Crippen molar-refractivity contribution in [3.8, 4) is 0 Å². The highest BCUT2D eigenvalue weighted by atomic mass is 79.9. The van der Waals surface area contributed by atoms with Gasteiger partial charge in [-0.1, -0.05) is 51.9 Å². The van der Waals surface area contributed by atoms with Crippen molar-refractivity contribution >= 4 is 21.7 Å². The van der Waals surface area contributed by atoms with Gasteiger partial charge in [-0.15, -0.1) is 0 Å². The maximum absolute atomic E-state index is 13.4. The molecule has 1 nitrogen and oxygen atoms in total. The smallest absolute Gasteiger partial charge is 0.173 e. The Morgan fingerprint density at radius 2 is 1.57 bits per heavy atom. The lowest BCUT2D eigenvalue weighted by molar-refractivity contribution is 0.0977. The van der Waals surface area contributed by atoms with E-state index in [1.54, 1.807) is 0 Å². The molecule has 0 saturated carbocycles. The minimum atomic E-state index is -0.989. The number of benzene rings is 1. The lowest BCUT2D eigenvalue weighted by Gasteiger charge is -2.05. The fourth-order valence-electron chi connectivity index (χ4n) is 2.30. The number of carbonyl (C=O) groups is 1. The van der Waals surface area contributed by atoms with Crippen LogP contribution in [0.4, 0.5) is 8.78 Å². The number of hydrogen-bond donors (Lipinski definition) is 0. The predicted octanol–water partition coefficient (Wildman–Crippen LogP) is 6.44. The molecule has 0 aliphatic heterocycles. The molecule has 0 heterocycles. The zero-order valence-electron chi connectivity index (χ0n) is 12.6. The highest BCUT2D eigenvalue weighted by Crippen LogP contribution is 2.24. The molecular weight excluding hydrogens is 338 g/mol. The SMILES string of the molecule is CCCCCCCCCCC(=O)c1ccc(F)c(F)c1Br. The summed E-state index contributed by atoms with van der Waals surface area (Å²) < 4.78 is 26.3. The highest BCUT2D eigenvalue weighted by Gasteiger charge is 2.16. The monoisotopic (exact) mass is 360 g/mol. The zero-order valence-corrected chi connectivity index (χ0v) is 14.1. The molecular formula is C17H23BrF2O. The number of halogens is 3. The average molecular weight is 361 g/mol. The number of rotatable bonds is 10. The molecule has 0 aliphatic carbocycles. The lowest BCUT2D eigenvalue weighted by Crippen LogP contribution is -2.03. The number of carbonyl (C=O) groups excluding carboxylic acids is 1. The summed E-state index contributed by atoms with van der Waals surface area (Å²) in [4.78, 5) is 12.0. The normalized spacial score (nSPS) is 10.9. The number of unbranched alkanes of at least 4 members (excludes halogenated alkanes) is 7. The molecule has 21 heavy (non-hydrogen) atoms. The Morgan fingerprint density at radius 3 is 2.19 bits per heavy atom. The van der Waals surface area contributed by atoms with Gasteiger partial charge in [-0.05, 0) is 34.5 Å². The maximum atomic E-state index is 13.4. The van der Waals surface area contributed by atoms with Crippen LogP contribution in [0.3, 0.4) is 0 Å². The molecule has 118 valence electrons. The minimum Gasteiger partial charge on any atom is -0.294 e. The number of ketones is 1. The summed E-state index contributed by atoms with van der Waals surface area (Å²) in [6, 6.07) is 2.34. The van der Waals surface area contributed by atoms with Crippen LogP contribution in [0.15, 0.2) is 16.6 Å². The van der Waals surface area contributed by atoms with Crippen LogP contribution in [0, 0.1) is 11.6 Å². The molecule has 0 aromatic heterocycles. The van der Waals surface area contributed by atoms with Crippen molar-refractivity contribution in [2.24, 2.45) is 0 Å². The first kappa shape index (κ1) is 18.3. The molecule has 0 unspecified atom stereocenters. The molecule has 0 fully saturated rings. The summed E-state index contributed by atoms with van der Waals surface area (Å²) in [7, 11) is 0. The first-order valence-electron chi connectivity index (χ1n) is 7.74. The van der Waals surface area contributed by atoms with Gasteiger partial charge < -0.3 is 0 Å².